The van der Waals surface area contributed by atoms with Crippen molar-refractivity contribution in [3.8, 4) is 11.1 Å². The van der Waals surface area contributed by atoms with Gasteiger partial charge in [-0.05, 0) is 12.1 Å². The highest BCUT2D eigenvalue weighted by Crippen LogP contribution is 2.17. The van der Waals surface area contributed by atoms with Gasteiger partial charge in [0.2, 0.25) is 0 Å². The van der Waals surface area contributed by atoms with Crippen LogP contribution in [-0.4, -0.2) is 21.0 Å². The van der Waals surface area contributed by atoms with Gasteiger partial charge in [0.05, 0.1) is 6.20 Å². The number of carbonyl (C=O) groups is 1. The van der Waals surface area contributed by atoms with Crippen molar-refractivity contribution in [1.82, 2.24) is 9.97 Å². The van der Waals surface area contributed by atoms with Crippen LogP contribution in [0.1, 0.15) is 10.5 Å². The van der Waals surface area contributed by atoms with E-state index in [4.69, 9.17) is 5.11 Å². The maximum atomic E-state index is 12.9. The van der Waals surface area contributed by atoms with Gasteiger partial charge in [0.1, 0.15) is 11.5 Å². The number of aromatic nitrogens is 2. The smallest absolute Gasteiger partial charge is 0.354 e. The monoisotopic (exact) mass is 218 g/mol. The third-order valence-electron chi connectivity index (χ3n) is 2.02. The Morgan fingerprint density at radius 1 is 1.19 bits per heavy atom. The van der Waals surface area contributed by atoms with Crippen molar-refractivity contribution in [1.29, 1.82) is 0 Å². The van der Waals surface area contributed by atoms with Crippen molar-refractivity contribution < 1.29 is 14.3 Å². The molecule has 2 aromatic heterocycles. The molecule has 0 spiro atoms. The Balaban J connectivity index is 2.38. The average molecular weight is 218 g/mol. The first-order chi connectivity index (χ1) is 7.66. The highest BCUT2D eigenvalue weighted by atomic mass is 19.1. The average Bonchev–Trinajstić information content (AvgIpc) is 2.29. The Bertz CT molecular complexity index is 526. The molecule has 0 aliphatic carbocycles. The zero-order chi connectivity index (χ0) is 11.5. The molecule has 5 heteroatoms. The first-order valence-electron chi connectivity index (χ1n) is 4.47. The fourth-order valence-corrected chi connectivity index (χ4v) is 1.26. The topological polar surface area (TPSA) is 63.1 Å². The van der Waals surface area contributed by atoms with E-state index in [1.165, 1.54) is 24.5 Å². The number of halogens is 1. The number of carboxylic acid groups (broad SMARTS) is 1. The summed E-state index contributed by atoms with van der Waals surface area (Å²) in [6.07, 6.45) is 3.96. The van der Waals surface area contributed by atoms with Gasteiger partial charge in [0.15, 0.2) is 0 Å². The molecule has 0 bridgehead atoms. The fraction of sp³-hybridized carbons (Fsp3) is 0. The van der Waals surface area contributed by atoms with Crippen LogP contribution in [0.4, 0.5) is 4.39 Å². The molecule has 0 radical (unpaired) electrons. The summed E-state index contributed by atoms with van der Waals surface area (Å²) in [5.74, 6) is -1.54. The van der Waals surface area contributed by atoms with Crippen LogP contribution in [0.2, 0.25) is 0 Å². The summed E-state index contributed by atoms with van der Waals surface area (Å²) in [6, 6.07) is 4.24. The molecule has 0 saturated heterocycles. The standard InChI is InChI=1S/C11H7FN2O2/c12-9-3-8(4-13-6-9)7-1-2-10(11(15)16)14-5-7/h1-6H,(H,15,16). The number of rotatable bonds is 2. The molecule has 0 amide bonds. The molecule has 4 nitrogen and oxygen atoms in total. The van der Waals surface area contributed by atoms with E-state index in [9.17, 15) is 9.18 Å². The molecule has 0 unspecified atom stereocenters. The molecule has 80 valence electrons. The molecule has 0 aromatic carbocycles. The van der Waals surface area contributed by atoms with Crippen LogP contribution in [-0.2, 0) is 0 Å². The minimum absolute atomic E-state index is 0.0480. The first-order valence-corrected chi connectivity index (χ1v) is 4.47. The van der Waals surface area contributed by atoms with Gasteiger partial charge in [-0.1, -0.05) is 6.07 Å². The highest BCUT2D eigenvalue weighted by molar-refractivity contribution is 5.85. The SMILES string of the molecule is O=C(O)c1ccc(-c2cncc(F)c2)cn1. The highest BCUT2D eigenvalue weighted by Gasteiger charge is 2.05. The summed E-state index contributed by atoms with van der Waals surface area (Å²) in [7, 11) is 0. The molecule has 2 rings (SSSR count). The van der Waals surface area contributed by atoms with Gasteiger partial charge in [0.25, 0.3) is 0 Å². The zero-order valence-electron chi connectivity index (χ0n) is 8.09. The molecular weight excluding hydrogens is 211 g/mol. The van der Waals surface area contributed by atoms with Gasteiger partial charge < -0.3 is 5.11 Å². The minimum Gasteiger partial charge on any atom is -0.477 e. The molecule has 1 N–H and O–H groups in total. The summed E-state index contributed by atoms with van der Waals surface area (Å²) in [5, 5.41) is 8.66. The molecule has 0 atom stereocenters. The molecule has 2 heterocycles. The molecule has 0 aliphatic heterocycles. The summed E-state index contributed by atoms with van der Waals surface area (Å²) in [4.78, 5) is 18.0. The van der Waals surface area contributed by atoms with Crippen LogP contribution in [0.5, 0.6) is 0 Å². The summed E-state index contributed by atoms with van der Waals surface area (Å²) in [5.41, 5.74) is 1.13. The van der Waals surface area contributed by atoms with Gasteiger partial charge in [-0.15, -0.1) is 0 Å². The predicted molar refractivity (Wildman–Crippen MR) is 54.4 cm³/mol. The molecular formula is C11H7FN2O2. The first kappa shape index (κ1) is 10.2. The van der Waals surface area contributed by atoms with Gasteiger partial charge in [0, 0.05) is 23.5 Å². The van der Waals surface area contributed by atoms with Crippen LogP contribution < -0.4 is 0 Å². The lowest BCUT2D eigenvalue weighted by atomic mass is 10.1. The third kappa shape index (κ3) is 2.03. The number of hydrogen-bond acceptors (Lipinski definition) is 3. The molecule has 0 saturated carbocycles. The summed E-state index contributed by atoms with van der Waals surface area (Å²) < 4.78 is 12.9. The Kier molecular flexibility index (Phi) is 2.59. The van der Waals surface area contributed by atoms with Crippen molar-refractivity contribution in [2.24, 2.45) is 0 Å². The summed E-state index contributed by atoms with van der Waals surface area (Å²) in [6.45, 7) is 0. The van der Waals surface area contributed by atoms with Gasteiger partial charge >= 0.3 is 5.97 Å². The van der Waals surface area contributed by atoms with Gasteiger partial charge in [-0.25, -0.2) is 14.2 Å². The van der Waals surface area contributed by atoms with Crippen molar-refractivity contribution >= 4 is 5.97 Å². The fourth-order valence-electron chi connectivity index (χ4n) is 1.26. The van der Waals surface area contributed by atoms with Crippen LogP contribution in [0.25, 0.3) is 11.1 Å². The lowest BCUT2D eigenvalue weighted by Crippen LogP contribution is -1.99. The Morgan fingerprint density at radius 2 is 2.00 bits per heavy atom. The Hall–Kier alpha value is -2.30. The van der Waals surface area contributed by atoms with Crippen LogP contribution in [0.3, 0.4) is 0 Å². The number of pyridine rings is 2. The van der Waals surface area contributed by atoms with E-state index >= 15 is 0 Å². The molecule has 16 heavy (non-hydrogen) atoms. The number of nitrogens with zero attached hydrogens (tertiary/aromatic N) is 2. The van der Waals surface area contributed by atoms with E-state index in [0.29, 0.717) is 11.1 Å². The van der Waals surface area contributed by atoms with Crippen LogP contribution in [0, 0.1) is 5.82 Å². The lowest BCUT2D eigenvalue weighted by molar-refractivity contribution is 0.0690. The van der Waals surface area contributed by atoms with Crippen molar-refractivity contribution in [3.63, 3.8) is 0 Å². The van der Waals surface area contributed by atoms with E-state index in [1.807, 2.05) is 0 Å². The normalized spacial score (nSPS) is 10.1. The zero-order valence-corrected chi connectivity index (χ0v) is 8.09. The van der Waals surface area contributed by atoms with E-state index in [0.717, 1.165) is 6.20 Å². The second kappa shape index (κ2) is 4.06. The Labute approximate surface area is 90.4 Å². The van der Waals surface area contributed by atoms with Gasteiger partial charge in [-0.2, -0.15) is 0 Å². The van der Waals surface area contributed by atoms with E-state index in [2.05, 4.69) is 9.97 Å². The molecule has 2 aromatic rings. The third-order valence-corrected chi connectivity index (χ3v) is 2.02. The number of aromatic carboxylic acids is 1. The number of hydrogen-bond donors (Lipinski definition) is 1. The second-order valence-corrected chi connectivity index (χ2v) is 3.13. The summed E-state index contributed by atoms with van der Waals surface area (Å²) >= 11 is 0. The minimum atomic E-state index is -1.09. The maximum Gasteiger partial charge on any atom is 0.354 e. The largest absolute Gasteiger partial charge is 0.477 e. The lowest BCUT2D eigenvalue weighted by Gasteiger charge is -2.00. The van der Waals surface area contributed by atoms with E-state index in [-0.39, 0.29) is 5.69 Å². The Morgan fingerprint density at radius 3 is 2.56 bits per heavy atom. The van der Waals surface area contributed by atoms with Crippen molar-refractivity contribution in [3.05, 3.63) is 48.3 Å². The second-order valence-electron chi connectivity index (χ2n) is 3.13. The van der Waals surface area contributed by atoms with Crippen LogP contribution >= 0.6 is 0 Å². The van der Waals surface area contributed by atoms with Crippen molar-refractivity contribution in [2.75, 3.05) is 0 Å². The van der Waals surface area contributed by atoms with Gasteiger partial charge in [-0.3, -0.25) is 4.98 Å². The maximum absolute atomic E-state index is 12.9. The number of carboxylic acids is 1. The van der Waals surface area contributed by atoms with Crippen LogP contribution in [0.15, 0.2) is 36.8 Å². The quantitative estimate of drug-likeness (QED) is 0.837. The van der Waals surface area contributed by atoms with E-state index < -0.39 is 11.8 Å². The van der Waals surface area contributed by atoms with Crippen molar-refractivity contribution in [2.45, 2.75) is 0 Å². The van der Waals surface area contributed by atoms with E-state index in [1.54, 1.807) is 6.07 Å². The molecule has 0 fully saturated rings. The molecule has 0 aliphatic rings. The predicted octanol–water partition coefficient (Wildman–Crippen LogP) is 1.98.